The number of hydrogen-bond donors (Lipinski definition) is 1. The lowest BCUT2D eigenvalue weighted by atomic mass is 9.96. The third-order valence-electron chi connectivity index (χ3n) is 4.08. The summed E-state index contributed by atoms with van der Waals surface area (Å²) in [5.74, 6) is -0.720. The highest BCUT2D eigenvalue weighted by molar-refractivity contribution is 6.20. The molecule has 0 saturated carbocycles. The molecule has 2 unspecified atom stereocenters. The number of aliphatic hydroxyl groups is 1. The Kier molecular flexibility index (Phi) is 4.46. The quantitative estimate of drug-likeness (QED) is 0.847. The van der Waals surface area contributed by atoms with Crippen LogP contribution in [0.1, 0.15) is 32.8 Å². The molecular formula is C17H21NO3. The van der Waals surface area contributed by atoms with Gasteiger partial charge >= 0.3 is 0 Å². The van der Waals surface area contributed by atoms with Gasteiger partial charge < -0.3 is 10.0 Å². The number of Topliss-reactive ketones (excluding diaryl/α,β-unsaturated/α-hetero) is 1. The number of carbonyl (C=O) groups is 2. The maximum atomic E-state index is 12.5. The monoisotopic (exact) mass is 287 g/mol. The van der Waals surface area contributed by atoms with Crippen LogP contribution in [-0.4, -0.2) is 27.7 Å². The summed E-state index contributed by atoms with van der Waals surface area (Å²) in [6.07, 6.45) is 0.818. The van der Waals surface area contributed by atoms with E-state index in [0.717, 1.165) is 12.0 Å². The van der Waals surface area contributed by atoms with E-state index < -0.39 is 6.04 Å². The van der Waals surface area contributed by atoms with Crippen molar-refractivity contribution in [1.29, 1.82) is 0 Å². The number of nitrogens with zero attached hydrogens (tertiary/aromatic N) is 1. The van der Waals surface area contributed by atoms with Crippen LogP contribution in [0.5, 0.6) is 0 Å². The molecule has 0 radical (unpaired) electrons. The largest absolute Gasteiger partial charge is 0.509 e. The fourth-order valence-electron chi connectivity index (χ4n) is 2.76. The van der Waals surface area contributed by atoms with Gasteiger partial charge in [-0.05, 0) is 18.4 Å². The van der Waals surface area contributed by atoms with E-state index in [-0.39, 0.29) is 28.9 Å². The molecule has 1 aliphatic heterocycles. The third kappa shape index (κ3) is 2.84. The molecule has 0 bridgehead atoms. The number of rotatable bonds is 5. The van der Waals surface area contributed by atoms with E-state index >= 15 is 0 Å². The van der Waals surface area contributed by atoms with E-state index in [1.165, 1.54) is 6.92 Å². The SMILES string of the molecule is CCC(C)C1C(O)=C(C(C)=O)C(=O)N1Cc1ccccc1. The van der Waals surface area contributed by atoms with E-state index in [0.29, 0.717) is 6.54 Å². The van der Waals surface area contributed by atoms with Crippen molar-refractivity contribution in [1.82, 2.24) is 4.90 Å². The topological polar surface area (TPSA) is 57.6 Å². The van der Waals surface area contributed by atoms with Gasteiger partial charge in [0.15, 0.2) is 5.78 Å². The summed E-state index contributed by atoms with van der Waals surface area (Å²) in [6, 6.07) is 9.19. The van der Waals surface area contributed by atoms with E-state index in [1.54, 1.807) is 4.90 Å². The zero-order valence-electron chi connectivity index (χ0n) is 12.7. The number of benzene rings is 1. The van der Waals surface area contributed by atoms with Crippen LogP contribution in [0, 0.1) is 5.92 Å². The second-order valence-electron chi connectivity index (χ2n) is 5.57. The molecular weight excluding hydrogens is 266 g/mol. The first kappa shape index (κ1) is 15.3. The van der Waals surface area contributed by atoms with Gasteiger partial charge in [0.05, 0.1) is 6.04 Å². The molecule has 1 aliphatic rings. The van der Waals surface area contributed by atoms with E-state index in [4.69, 9.17) is 0 Å². The average molecular weight is 287 g/mol. The standard InChI is InChI=1S/C17H21NO3/c1-4-11(2)15-16(20)14(12(3)19)17(21)18(15)10-13-8-6-5-7-9-13/h5-9,11,15,20H,4,10H2,1-3H3. The van der Waals surface area contributed by atoms with Crippen LogP contribution in [0.4, 0.5) is 0 Å². The molecule has 21 heavy (non-hydrogen) atoms. The van der Waals surface area contributed by atoms with Gasteiger partial charge in [-0.2, -0.15) is 0 Å². The molecule has 1 aromatic carbocycles. The molecule has 2 atom stereocenters. The Morgan fingerprint density at radius 3 is 2.48 bits per heavy atom. The van der Waals surface area contributed by atoms with Crippen LogP contribution in [0.25, 0.3) is 0 Å². The molecule has 0 saturated heterocycles. The molecule has 0 fully saturated rings. The number of carbonyl (C=O) groups excluding carboxylic acids is 2. The molecule has 1 N–H and O–H groups in total. The van der Waals surface area contributed by atoms with Crippen LogP contribution >= 0.6 is 0 Å². The van der Waals surface area contributed by atoms with Crippen molar-refractivity contribution in [2.45, 2.75) is 39.8 Å². The van der Waals surface area contributed by atoms with Crippen molar-refractivity contribution in [3.63, 3.8) is 0 Å². The smallest absolute Gasteiger partial charge is 0.261 e. The minimum absolute atomic E-state index is 0.0590. The lowest BCUT2D eigenvalue weighted by Crippen LogP contribution is -2.39. The van der Waals surface area contributed by atoms with Gasteiger partial charge in [0, 0.05) is 6.54 Å². The van der Waals surface area contributed by atoms with Crippen LogP contribution < -0.4 is 0 Å². The normalized spacial score (nSPS) is 20.0. The van der Waals surface area contributed by atoms with Gasteiger partial charge in [0.2, 0.25) is 0 Å². The van der Waals surface area contributed by atoms with Gasteiger partial charge in [0.25, 0.3) is 5.91 Å². The Balaban J connectivity index is 2.35. The van der Waals surface area contributed by atoms with Crippen molar-refractivity contribution >= 4 is 11.7 Å². The minimum atomic E-state index is -0.415. The first-order chi connectivity index (χ1) is 9.97. The van der Waals surface area contributed by atoms with Crippen LogP contribution in [0.15, 0.2) is 41.7 Å². The summed E-state index contributed by atoms with van der Waals surface area (Å²) in [7, 11) is 0. The van der Waals surface area contributed by atoms with Gasteiger partial charge in [-0.15, -0.1) is 0 Å². The Morgan fingerprint density at radius 1 is 1.33 bits per heavy atom. The van der Waals surface area contributed by atoms with E-state index in [1.807, 2.05) is 44.2 Å². The molecule has 4 heteroatoms. The Morgan fingerprint density at radius 2 is 1.95 bits per heavy atom. The summed E-state index contributed by atoms with van der Waals surface area (Å²) in [5.41, 5.74) is 0.924. The van der Waals surface area contributed by atoms with Gasteiger partial charge in [-0.25, -0.2) is 0 Å². The lowest BCUT2D eigenvalue weighted by molar-refractivity contribution is -0.130. The zero-order valence-corrected chi connectivity index (χ0v) is 12.7. The zero-order chi connectivity index (χ0) is 15.6. The Bertz CT molecular complexity index is 577. The number of hydrogen-bond acceptors (Lipinski definition) is 3. The molecule has 1 heterocycles. The van der Waals surface area contributed by atoms with Gasteiger partial charge in [-0.3, -0.25) is 9.59 Å². The first-order valence-corrected chi connectivity index (χ1v) is 7.26. The van der Waals surface area contributed by atoms with Gasteiger partial charge in [0.1, 0.15) is 11.3 Å². The Labute approximate surface area is 125 Å². The summed E-state index contributed by atoms with van der Waals surface area (Å²) in [5, 5.41) is 10.3. The molecule has 4 nitrogen and oxygen atoms in total. The fourth-order valence-corrected chi connectivity index (χ4v) is 2.76. The molecule has 0 spiro atoms. The van der Waals surface area contributed by atoms with Crippen LogP contribution in [0.3, 0.4) is 0 Å². The molecule has 1 amide bonds. The maximum absolute atomic E-state index is 12.5. The number of amides is 1. The van der Waals surface area contributed by atoms with Crippen molar-refractivity contribution in [3.8, 4) is 0 Å². The average Bonchev–Trinajstić information content (AvgIpc) is 2.70. The van der Waals surface area contributed by atoms with Crippen LogP contribution in [0.2, 0.25) is 0 Å². The second kappa shape index (κ2) is 6.12. The lowest BCUT2D eigenvalue weighted by Gasteiger charge is -2.29. The van der Waals surface area contributed by atoms with E-state index in [9.17, 15) is 14.7 Å². The van der Waals surface area contributed by atoms with E-state index in [2.05, 4.69) is 0 Å². The molecule has 0 aromatic heterocycles. The second-order valence-corrected chi connectivity index (χ2v) is 5.57. The van der Waals surface area contributed by atoms with Crippen molar-refractivity contribution in [2.24, 2.45) is 5.92 Å². The maximum Gasteiger partial charge on any atom is 0.261 e. The molecule has 112 valence electrons. The fraction of sp³-hybridized carbons (Fsp3) is 0.412. The summed E-state index contributed by atoms with van der Waals surface area (Å²) >= 11 is 0. The van der Waals surface area contributed by atoms with Crippen molar-refractivity contribution in [2.75, 3.05) is 0 Å². The third-order valence-corrected chi connectivity index (χ3v) is 4.08. The highest BCUT2D eigenvalue weighted by Gasteiger charge is 2.43. The Hall–Kier alpha value is -2.10. The summed E-state index contributed by atoms with van der Waals surface area (Å²) < 4.78 is 0. The molecule has 1 aromatic rings. The summed E-state index contributed by atoms with van der Waals surface area (Å²) in [4.78, 5) is 25.7. The predicted octanol–water partition coefficient (Wildman–Crippen LogP) is 2.84. The summed E-state index contributed by atoms with van der Waals surface area (Å²) in [6.45, 7) is 5.71. The number of ketones is 1. The van der Waals surface area contributed by atoms with Crippen LogP contribution in [-0.2, 0) is 16.1 Å². The van der Waals surface area contributed by atoms with Crippen molar-refractivity contribution in [3.05, 3.63) is 47.2 Å². The molecule has 0 aliphatic carbocycles. The first-order valence-electron chi connectivity index (χ1n) is 7.26. The minimum Gasteiger partial charge on any atom is -0.509 e. The molecule has 2 rings (SSSR count). The van der Waals surface area contributed by atoms with Crippen molar-refractivity contribution < 1.29 is 14.7 Å². The van der Waals surface area contributed by atoms with Gasteiger partial charge in [-0.1, -0.05) is 50.6 Å². The highest BCUT2D eigenvalue weighted by atomic mass is 16.3. The highest BCUT2D eigenvalue weighted by Crippen LogP contribution is 2.32. The predicted molar refractivity (Wildman–Crippen MR) is 80.6 cm³/mol. The number of aliphatic hydroxyl groups excluding tert-OH is 1.